The first kappa shape index (κ1) is 30.8. The molecule has 1 aromatic carbocycles. The summed E-state index contributed by atoms with van der Waals surface area (Å²) in [7, 11) is 0. The van der Waals surface area contributed by atoms with E-state index in [1.807, 2.05) is 30.3 Å². The average molecular weight is 505 g/mol. The van der Waals surface area contributed by atoms with Gasteiger partial charge in [0.25, 0.3) is 0 Å². The molecule has 0 fully saturated rings. The highest BCUT2D eigenvalue weighted by atomic mass is 16.5. The summed E-state index contributed by atoms with van der Waals surface area (Å²) in [6.07, 6.45) is 1.50. The Balaban J connectivity index is 3.04. The molecule has 0 spiro atoms. The fourth-order valence-electron chi connectivity index (χ4n) is 3.52. The van der Waals surface area contributed by atoms with E-state index in [0.29, 0.717) is 19.4 Å². The summed E-state index contributed by atoms with van der Waals surface area (Å²) in [5, 5.41) is 8.00. The summed E-state index contributed by atoms with van der Waals surface area (Å²) in [4.78, 5) is 62.1. The number of nitrogens with two attached hydrogens (primary N) is 1. The molecular formula is C26H40N4O6. The van der Waals surface area contributed by atoms with Crippen LogP contribution in [-0.2, 0) is 35.1 Å². The van der Waals surface area contributed by atoms with Gasteiger partial charge in [0.2, 0.25) is 17.7 Å². The molecule has 0 aliphatic carbocycles. The number of ether oxygens (including phenoxy) is 1. The molecule has 200 valence electrons. The molecule has 0 aliphatic heterocycles. The maximum Gasteiger partial charge on any atom is 0.328 e. The molecule has 0 radical (unpaired) electrons. The van der Waals surface area contributed by atoms with Gasteiger partial charge in [-0.05, 0) is 58.6 Å². The predicted octanol–water partition coefficient (Wildman–Crippen LogP) is 1.15. The van der Waals surface area contributed by atoms with Crippen LogP contribution in [0.2, 0.25) is 0 Å². The van der Waals surface area contributed by atoms with Gasteiger partial charge in [0.15, 0.2) is 0 Å². The summed E-state index contributed by atoms with van der Waals surface area (Å²) in [6, 6.07) is 6.30. The zero-order chi connectivity index (χ0) is 27.1. The quantitative estimate of drug-likeness (QED) is 0.194. The SMILES string of the molecule is CC(=O)CCC(NC(=O)[C@H](CCCCN)NC(=O)C(Cc1ccccc1)NC(C)=O)C(=O)OC(C)C. The van der Waals surface area contributed by atoms with Gasteiger partial charge in [-0.1, -0.05) is 30.3 Å². The minimum absolute atomic E-state index is 0.0820. The Kier molecular flexibility index (Phi) is 14.0. The van der Waals surface area contributed by atoms with E-state index in [2.05, 4.69) is 16.0 Å². The van der Waals surface area contributed by atoms with Crippen LogP contribution >= 0.6 is 0 Å². The van der Waals surface area contributed by atoms with Crippen molar-refractivity contribution in [3.8, 4) is 0 Å². The van der Waals surface area contributed by atoms with Crippen molar-refractivity contribution in [3.63, 3.8) is 0 Å². The van der Waals surface area contributed by atoms with Crippen molar-refractivity contribution in [2.75, 3.05) is 6.54 Å². The molecule has 1 rings (SSSR count). The predicted molar refractivity (Wildman–Crippen MR) is 136 cm³/mol. The minimum atomic E-state index is -1.03. The number of hydrogen-bond acceptors (Lipinski definition) is 7. The van der Waals surface area contributed by atoms with E-state index < -0.39 is 42.0 Å². The van der Waals surface area contributed by atoms with Crippen molar-refractivity contribution < 1.29 is 28.7 Å². The highest BCUT2D eigenvalue weighted by Gasteiger charge is 2.30. The Bertz CT molecular complexity index is 874. The topological polar surface area (TPSA) is 157 Å². The van der Waals surface area contributed by atoms with Crippen LogP contribution in [0, 0.1) is 0 Å². The van der Waals surface area contributed by atoms with Gasteiger partial charge < -0.3 is 31.2 Å². The Hall–Kier alpha value is -3.27. The van der Waals surface area contributed by atoms with E-state index in [4.69, 9.17) is 10.5 Å². The van der Waals surface area contributed by atoms with Crippen molar-refractivity contribution in [1.29, 1.82) is 0 Å². The molecule has 3 amide bonds. The van der Waals surface area contributed by atoms with Crippen molar-refractivity contribution in [2.24, 2.45) is 5.73 Å². The first-order valence-corrected chi connectivity index (χ1v) is 12.3. The summed E-state index contributed by atoms with van der Waals surface area (Å²) in [5.41, 5.74) is 6.43. The first-order valence-electron chi connectivity index (χ1n) is 12.3. The van der Waals surface area contributed by atoms with Crippen LogP contribution < -0.4 is 21.7 Å². The maximum atomic E-state index is 13.2. The first-order chi connectivity index (χ1) is 17.0. The second kappa shape index (κ2) is 16.4. The number of hydrogen-bond donors (Lipinski definition) is 4. The summed E-state index contributed by atoms with van der Waals surface area (Å²) in [6.45, 7) is 6.51. The van der Waals surface area contributed by atoms with Gasteiger partial charge >= 0.3 is 5.97 Å². The molecule has 10 heteroatoms. The lowest BCUT2D eigenvalue weighted by molar-refractivity contribution is -0.152. The van der Waals surface area contributed by atoms with Crippen LogP contribution in [0.3, 0.4) is 0 Å². The van der Waals surface area contributed by atoms with Gasteiger partial charge in [0.1, 0.15) is 23.9 Å². The molecule has 1 aromatic rings. The number of nitrogens with one attached hydrogen (secondary N) is 3. The summed E-state index contributed by atoms with van der Waals surface area (Å²) >= 11 is 0. The van der Waals surface area contributed by atoms with Crippen molar-refractivity contribution >= 4 is 29.5 Å². The largest absolute Gasteiger partial charge is 0.461 e. The molecule has 10 nitrogen and oxygen atoms in total. The lowest BCUT2D eigenvalue weighted by Gasteiger charge is -2.25. The smallest absolute Gasteiger partial charge is 0.328 e. The molecule has 0 saturated heterocycles. The molecular weight excluding hydrogens is 464 g/mol. The Morgan fingerprint density at radius 3 is 2.00 bits per heavy atom. The van der Waals surface area contributed by atoms with Crippen molar-refractivity contribution in [2.45, 2.75) is 90.4 Å². The Labute approximate surface area is 213 Å². The molecule has 0 bridgehead atoms. The third-order valence-electron chi connectivity index (χ3n) is 5.29. The normalized spacial score (nSPS) is 13.3. The number of benzene rings is 1. The van der Waals surface area contributed by atoms with E-state index in [9.17, 15) is 24.0 Å². The molecule has 3 atom stereocenters. The third-order valence-corrected chi connectivity index (χ3v) is 5.29. The number of Topliss-reactive ketones (excluding diaryl/α,β-unsaturated/α-hetero) is 1. The van der Waals surface area contributed by atoms with Gasteiger partial charge in [-0.15, -0.1) is 0 Å². The zero-order valence-electron chi connectivity index (χ0n) is 21.7. The average Bonchev–Trinajstić information content (AvgIpc) is 2.80. The Morgan fingerprint density at radius 2 is 1.44 bits per heavy atom. The van der Waals surface area contributed by atoms with Crippen LogP contribution in [0.25, 0.3) is 0 Å². The van der Waals surface area contributed by atoms with E-state index in [0.717, 1.165) is 5.56 Å². The Morgan fingerprint density at radius 1 is 0.833 bits per heavy atom. The number of carbonyl (C=O) groups excluding carboxylic acids is 5. The van der Waals surface area contributed by atoms with E-state index in [-0.39, 0.29) is 37.4 Å². The van der Waals surface area contributed by atoms with Gasteiger partial charge in [-0.2, -0.15) is 0 Å². The van der Waals surface area contributed by atoms with Gasteiger partial charge in [-0.25, -0.2) is 4.79 Å². The van der Waals surface area contributed by atoms with Crippen LogP contribution in [0.4, 0.5) is 0 Å². The van der Waals surface area contributed by atoms with Gasteiger partial charge in [0, 0.05) is 19.8 Å². The molecule has 5 N–H and O–H groups in total. The standard InChI is InChI=1S/C26H40N4O6/c1-17(2)36-26(35)22(14-13-18(3)31)30-24(33)21(12-8-9-15-27)29-25(34)23(28-19(4)32)16-20-10-6-5-7-11-20/h5-7,10-11,17,21-23H,8-9,12-16,27H2,1-4H3,(H,28,32)(H,29,34)(H,30,33)/t21-,22?,23?/m0/s1. The van der Waals surface area contributed by atoms with Crippen molar-refractivity contribution in [1.82, 2.24) is 16.0 Å². The van der Waals surface area contributed by atoms with Crippen LogP contribution in [0.5, 0.6) is 0 Å². The number of amides is 3. The molecule has 36 heavy (non-hydrogen) atoms. The van der Waals surface area contributed by atoms with E-state index in [1.54, 1.807) is 13.8 Å². The second-order valence-corrected chi connectivity index (χ2v) is 9.08. The summed E-state index contributed by atoms with van der Waals surface area (Å²) in [5.74, 6) is -2.25. The number of rotatable bonds is 16. The van der Waals surface area contributed by atoms with E-state index >= 15 is 0 Å². The highest BCUT2D eigenvalue weighted by Crippen LogP contribution is 2.09. The lowest BCUT2D eigenvalue weighted by Crippen LogP contribution is -2.56. The van der Waals surface area contributed by atoms with Crippen LogP contribution in [-0.4, -0.2) is 60.2 Å². The highest BCUT2D eigenvalue weighted by molar-refractivity contribution is 5.93. The fourth-order valence-corrected chi connectivity index (χ4v) is 3.52. The van der Waals surface area contributed by atoms with Crippen LogP contribution in [0.15, 0.2) is 30.3 Å². The zero-order valence-corrected chi connectivity index (χ0v) is 21.7. The number of ketones is 1. The second-order valence-electron chi connectivity index (χ2n) is 9.08. The van der Waals surface area contributed by atoms with Crippen molar-refractivity contribution in [3.05, 3.63) is 35.9 Å². The molecule has 2 unspecified atom stereocenters. The monoisotopic (exact) mass is 504 g/mol. The fraction of sp³-hybridized carbons (Fsp3) is 0.577. The van der Waals surface area contributed by atoms with Gasteiger partial charge in [0.05, 0.1) is 6.10 Å². The summed E-state index contributed by atoms with van der Waals surface area (Å²) < 4.78 is 5.24. The molecule has 0 aromatic heterocycles. The molecule has 0 heterocycles. The maximum absolute atomic E-state index is 13.2. The van der Waals surface area contributed by atoms with Crippen LogP contribution in [0.1, 0.15) is 65.4 Å². The third kappa shape index (κ3) is 12.4. The molecule has 0 saturated carbocycles. The number of esters is 1. The van der Waals surface area contributed by atoms with E-state index in [1.165, 1.54) is 13.8 Å². The molecule has 0 aliphatic rings. The lowest BCUT2D eigenvalue weighted by atomic mass is 10.0. The van der Waals surface area contributed by atoms with Gasteiger partial charge in [-0.3, -0.25) is 14.4 Å². The minimum Gasteiger partial charge on any atom is -0.461 e. The number of unbranched alkanes of at least 4 members (excludes halogenated alkanes) is 1. The number of carbonyl (C=O) groups is 5.